The van der Waals surface area contributed by atoms with Gasteiger partial charge in [-0.05, 0) is 42.5 Å². The number of hydrogen-bond donors (Lipinski definition) is 0. The molecule has 0 amide bonds. The van der Waals surface area contributed by atoms with Gasteiger partial charge in [0, 0.05) is 0 Å². The zero-order valence-corrected chi connectivity index (χ0v) is 8.63. The molecule has 0 aliphatic carbocycles. The predicted molar refractivity (Wildman–Crippen MR) is 56.0 cm³/mol. The van der Waals surface area contributed by atoms with Crippen molar-refractivity contribution in [1.82, 2.24) is 0 Å². The normalized spacial score (nSPS) is 10.5. The molecule has 1 radical (unpaired) electrons. The van der Waals surface area contributed by atoms with Gasteiger partial charge in [-0.2, -0.15) is 0 Å². The zero-order valence-electron chi connectivity index (χ0n) is 8.63. The van der Waals surface area contributed by atoms with Gasteiger partial charge in [-0.1, -0.05) is 19.9 Å². The molecule has 0 spiro atoms. The van der Waals surface area contributed by atoms with Crippen LogP contribution in [-0.4, -0.2) is 7.11 Å². The van der Waals surface area contributed by atoms with E-state index in [0.717, 1.165) is 17.7 Å². The second-order valence-electron chi connectivity index (χ2n) is 3.79. The molecule has 0 saturated carbocycles. The third-order valence-corrected chi connectivity index (χ3v) is 1.91. The molecule has 1 nitrogen and oxygen atoms in total. The Bertz CT molecular complexity index is 276. The molecule has 0 fully saturated rings. The van der Waals surface area contributed by atoms with Crippen LogP contribution in [0, 0.1) is 12.8 Å². The third-order valence-electron chi connectivity index (χ3n) is 1.91. The van der Waals surface area contributed by atoms with Crippen molar-refractivity contribution in [3.8, 4) is 5.75 Å². The van der Waals surface area contributed by atoms with Crippen molar-refractivity contribution >= 4 is 0 Å². The van der Waals surface area contributed by atoms with Gasteiger partial charge < -0.3 is 4.74 Å². The van der Waals surface area contributed by atoms with Crippen LogP contribution in [0.25, 0.3) is 0 Å². The lowest BCUT2D eigenvalue weighted by atomic mass is 10.0. The summed E-state index contributed by atoms with van der Waals surface area (Å²) < 4.78 is 5.18. The zero-order chi connectivity index (χ0) is 9.84. The second kappa shape index (κ2) is 4.31. The molecule has 0 unspecified atom stereocenters. The minimum absolute atomic E-state index is 0.673. The number of methoxy groups -OCH3 is 1. The fraction of sp³-hybridized carbons (Fsp3) is 0.417. The summed E-state index contributed by atoms with van der Waals surface area (Å²) in [6.45, 7) is 8.34. The lowest BCUT2D eigenvalue weighted by Gasteiger charge is -2.08. The maximum atomic E-state index is 5.18. The molecule has 1 aromatic carbocycles. The number of benzene rings is 1. The second-order valence-corrected chi connectivity index (χ2v) is 3.79. The number of ether oxygens (including phenoxy) is 1. The van der Waals surface area contributed by atoms with Crippen LogP contribution in [0.5, 0.6) is 5.75 Å². The third kappa shape index (κ3) is 3.10. The van der Waals surface area contributed by atoms with Gasteiger partial charge >= 0.3 is 0 Å². The van der Waals surface area contributed by atoms with Crippen LogP contribution in [-0.2, 0) is 6.42 Å². The van der Waals surface area contributed by atoms with E-state index in [1.165, 1.54) is 5.56 Å². The molecular formula is C12H17O. The number of hydrogen-bond acceptors (Lipinski definition) is 1. The van der Waals surface area contributed by atoms with E-state index < -0.39 is 0 Å². The first kappa shape index (κ1) is 10.1. The molecular weight excluding hydrogens is 160 g/mol. The Balaban J connectivity index is 2.88. The van der Waals surface area contributed by atoms with Crippen molar-refractivity contribution in [2.45, 2.75) is 20.3 Å². The van der Waals surface area contributed by atoms with Crippen LogP contribution in [0.2, 0.25) is 0 Å². The highest BCUT2D eigenvalue weighted by molar-refractivity contribution is 5.35. The molecule has 0 N–H and O–H groups in total. The molecule has 0 aromatic heterocycles. The molecule has 1 aromatic rings. The van der Waals surface area contributed by atoms with Crippen LogP contribution in [0.3, 0.4) is 0 Å². The Hall–Kier alpha value is -0.980. The van der Waals surface area contributed by atoms with Crippen molar-refractivity contribution in [2.24, 2.45) is 5.92 Å². The van der Waals surface area contributed by atoms with Crippen molar-refractivity contribution in [2.75, 3.05) is 7.11 Å². The van der Waals surface area contributed by atoms with E-state index in [2.05, 4.69) is 32.9 Å². The molecule has 0 heterocycles. The summed E-state index contributed by atoms with van der Waals surface area (Å²) >= 11 is 0. The molecule has 13 heavy (non-hydrogen) atoms. The first-order chi connectivity index (χ1) is 6.11. The smallest absolute Gasteiger partial charge is 0.119 e. The topological polar surface area (TPSA) is 9.23 Å². The monoisotopic (exact) mass is 177 g/mol. The fourth-order valence-corrected chi connectivity index (χ4v) is 1.44. The molecule has 1 heteroatoms. The summed E-state index contributed by atoms with van der Waals surface area (Å²) in [5.74, 6) is 1.58. The summed E-state index contributed by atoms with van der Waals surface area (Å²) in [6.07, 6.45) is 1.08. The van der Waals surface area contributed by atoms with Gasteiger partial charge in [-0.3, -0.25) is 0 Å². The van der Waals surface area contributed by atoms with Crippen molar-refractivity contribution in [1.29, 1.82) is 0 Å². The Morgan fingerprint density at radius 2 is 2.00 bits per heavy atom. The summed E-state index contributed by atoms with van der Waals surface area (Å²) in [4.78, 5) is 0. The summed E-state index contributed by atoms with van der Waals surface area (Å²) in [7, 11) is 1.69. The van der Waals surface area contributed by atoms with Gasteiger partial charge in [0.2, 0.25) is 0 Å². The van der Waals surface area contributed by atoms with E-state index in [1.54, 1.807) is 7.11 Å². The van der Waals surface area contributed by atoms with Crippen LogP contribution in [0.1, 0.15) is 25.0 Å². The molecule has 0 atom stereocenters. The van der Waals surface area contributed by atoms with Gasteiger partial charge in [0.15, 0.2) is 0 Å². The van der Waals surface area contributed by atoms with Crippen molar-refractivity contribution < 1.29 is 4.74 Å². The van der Waals surface area contributed by atoms with Gasteiger partial charge in [0.25, 0.3) is 0 Å². The van der Waals surface area contributed by atoms with E-state index in [4.69, 9.17) is 4.74 Å². The van der Waals surface area contributed by atoms with Crippen LogP contribution < -0.4 is 4.74 Å². The van der Waals surface area contributed by atoms with Crippen molar-refractivity contribution in [3.05, 3.63) is 36.2 Å². The summed E-state index contributed by atoms with van der Waals surface area (Å²) in [6, 6.07) is 6.14. The van der Waals surface area contributed by atoms with Gasteiger partial charge in [0.05, 0.1) is 7.11 Å². The van der Waals surface area contributed by atoms with Gasteiger partial charge in [0.1, 0.15) is 5.75 Å². The minimum atomic E-state index is 0.673. The van der Waals surface area contributed by atoms with Crippen LogP contribution in [0.4, 0.5) is 0 Å². The van der Waals surface area contributed by atoms with Gasteiger partial charge in [-0.15, -0.1) is 0 Å². The van der Waals surface area contributed by atoms with E-state index >= 15 is 0 Å². The van der Waals surface area contributed by atoms with Gasteiger partial charge in [-0.25, -0.2) is 0 Å². The lowest BCUT2D eigenvalue weighted by molar-refractivity contribution is 0.413. The van der Waals surface area contributed by atoms with E-state index in [9.17, 15) is 0 Å². The molecule has 0 bridgehead atoms. The Morgan fingerprint density at radius 1 is 1.31 bits per heavy atom. The van der Waals surface area contributed by atoms with E-state index in [0.29, 0.717) is 5.92 Å². The molecule has 0 aliphatic rings. The maximum absolute atomic E-state index is 5.18. The standard InChI is InChI=1S/C12H17O/c1-9(2)5-11-6-10(3)7-12(8-11)13-4/h6-9H,3,5H2,1-2,4H3. The minimum Gasteiger partial charge on any atom is -0.497 e. The Kier molecular flexibility index (Phi) is 3.35. The Labute approximate surface area is 80.7 Å². The molecule has 0 aliphatic heterocycles. The van der Waals surface area contributed by atoms with Crippen LogP contribution >= 0.6 is 0 Å². The highest BCUT2D eigenvalue weighted by atomic mass is 16.5. The average molecular weight is 177 g/mol. The SMILES string of the molecule is [CH2]c1cc(CC(C)C)cc(OC)c1. The first-order valence-corrected chi connectivity index (χ1v) is 4.61. The highest BCUT2D eigenvalue weighted by Gasteiger charge is 2.01. The first-order valence-electron chi connectivity index (χ1n) is 4.61. The van der Waals surface area contributed by atoms with E-state index in [1.807, 2.05) is 6.07 Å². The number of rotatable bonds is 3. The average Bonchev–Trinajstić information content (AvgIpc) is 2.01. The lowest BCUT2D eigenvalue weighted by Crippen LogP contribution is -1.95. The molecule has 71 valence electrons. The molecule has 0 saturated heterocycles. The van der Waals surface area contributed by atoms with Crippen LogP contribution in [0.15, 0.2) is 18.2 Å². The Morgan fingerprint density at radius 3 is 2.54 bits per heavy atom. The van der Waals surface area contributed by atoms with E-state index in [-0.39, 0.29) is 0 Å². The summed E-state index contributed by atoms with van der Waals surface area (Å²) in [5.41, 5.74) is 2.33. The molecule has 1 rings (SSSR count). The summed E-state index contributed by atoms with van der Waals surface area (Å²) in [5, 5.41) is 0. The highest BCUT2D eigenvalue weighted by Crippen LogP contribution is 2.18. The largest absolute Gasteiger partial charge is 0.497 e. The fourth-order valence-electron chi connectivity index (χ4n) is 1.44. The maximum Gasteiger partial charge on any atom is 0.119 e. The quantitative estimate of drug-likeness (QED) is 0.689. The predicted octanol–water partition coefficient (Wildman–Crippen LogP) is 3.08. The van der Waals surface area contributed by atoms with Crippen molar-refractivity contribution in [3.63, 3.8) is 0 Å².